The van der Waals surface area contributed by atoms with Gasteiger partial charge in [-0.25, -0.2) is 0 Å². The van der Waals surface area contributed by atoms with Gasteiger partial charge in [0.25, 0.3) is 0 Å². The van der Waals surface area contributed by atoms with Gasteiger partial charge in [-0.1, -0.05) is 15.9 Å². The van der Waals surface area contributed by atoms with Gasteiger partial charge in [-0.15, -0.1) is 11.3 Å². The van der Waals surface area contributed by atoms with Crippen LogP contribution in [-0.4, -0.2) is 11.4 Å². The van der Waals surface area contributed by atoms with Gasteiger partial charge in [-0.2, -0.15) is 0 Å². The van der Waals surface area contributed by atoms with Crippen molar-refractivity contribution in [1.82, 2.24) is 0 Å². The van der Waals surface area contributed by atoms with Gasteiger partial charge in [0.2, 0.25) is 0 Å². The molecule has 0 aliphatic carbocycles. The highest BCUT2D eigenvalue weighted by atomic mass is 79.9. The van der Waals surface area contributed by atoms with E-state index in [1.54, 1.807) is 6.07 Å². The molecule has 2 nitrogen and oxygen atoms in total. The minimum absolute atomic E-state index is 0.267. The van der Waals surface area contributed by atoms with Crippen molar-refractivity contribution in [2.75, 3.05) is 0 Å². The molecule has 2 aromatic rings. The lowest BCUT2D eigenvalue weighted by Gasteiger charge is -2.04. The van der Waals surface area contributed by atoms with E-state index in [-0.39, 0.29) is 5.75 Å². The summed E-state index contributed by atoms with van der Waals surface area (Å²) in [6.07, 6.45) is 0.824. The molecule has 1 aromatic heterocycles. The second-order valence-corrected chi connectivity index (χ2v) is 4.37. The lowest BCUT2D eigenvalue weighted by atomic mass is 10.1. The van der Waals surface area contributed by atoms with Gasteiger partial charge in [-0.05, 0) is 17.5 Å². The molecule has 0 aliphatic heterocycles. The Balaban J connectivity index is 2.86. The van der Waals surface area contributed by atoms with Gasteiger partial charge in [0.05, 0.1) is 0 Å². The van der Waals surface area contributed by atoms with Crippen LogP contribution in [0.3, 0.4) is 0 Å². The van der Waals surface area contributed by atoms with Crippen molar-refractivity contribution in [2.45, 2.75) is 5.33 Å². The highest BCUT2D eigenvalue weighted by Crippen LogP contribution is 2.35. The minimum Gasteiger partial charge on any atom is -0.507 e. The number of halogens is 1. The number of carbonyl (C=O) groups is 1. The molecule has 0 amide bonds. The van der Waals surface area contributed by atoms with Crippen LogP contribution >= 0.6 is 27.3 Å². The monoisotopic (exact) mass is 270 g/mol. The van der Waals surface area contributed by atoms with Gasteiger partial charge in [0.15, 0.2) is 6.29 Å². The quantitative estimate of drug-likeness (QED) is 0.672. The average Bonchev–Trinajstić information content (AvgIpc) is 2.68. The SMILES string of the molecule is O=Cc1cc(CBr)c(O)c2ccsc12. The van der Waals surface area contributed by atoms with Crippen molar-refractivity contribution in [3.63, 3.8) is 0 Å². The molecular formula is C10H7BrO2S. The number of hydrogen-bond donors (Lipinski definition) is 1. The Hall–Kier alpha value is -0.870. The van der Waals surface area contributed by atoms with E-state index in [0.717, 1.165) is 21.9 Å². The molecule has 0 atom stereocenters. The molecule has 0 spiro atoms. The van der Waals surface area contributed by atoms with Crippen molar-refractivity contribution < 1.29 is 9.90 Å². The Morgan fingerprint density at radius 1 is 1.57 bits per heavy atom. The summed E-state index contributed by atoms with van der Waals surface area (Å²) in [5.41, 5.74) is 1.39. The lowest BCUT2D eigenvalue weighted by Crippen LogP contribution is -1.86. The standard InChI is InChI=1S/C10H7BrO2S/c11-4-6-3-7(5-12)10-8(9(6)13)1-2-14-10/h1-3,5,13H,4H2. The van der Waals surface area contributed by atoms with Crippen LogP contribution in [0, 0.1) is 0 Å². The van der Waals surface area contributed by atoms with E-state index in [1.807, 2.05) is 11.4 Å². The number of phenolic OH excluding ortho intramolecular Hbond substituents is 1. The van der Waals surface area contributed by atoms with Crippen LogP contribution < -0.4 is 0 Å². The number of alkyl halides is 1. The van der Waals surface area contributed by atoms with Crippen LogP contribution in [0.15, 0.2) is 17.5 Å². The molecule has 1 heterocycles. The van der Waals surface area contributed by atoms with Crippen molar-refractivity contribution >= 4 is 43.6 Å². The van der Waals surface area contributed by atoms with E-state index in [0.29, 0.717) is 10.9 Å². The van der Waals surface area contributed by atoms with Crippen molar-refractivity contribution in [2.24, 2.45) is 0 Å². The topological polar surface area (TPSA) is 37.3 Å². The molecule has 0 fully saturated rings. The highest BCUT2D eigenvalue weighted by molar-refractivity contribution is 9.08. The Bertz CT molecular complexity index is 490. The van der Waals surface area contributed by atoms with Crippen LogP contribution in [0.4, 0.5) is 0 Å². The van der Waals surface area contributed by atoms with E-state index in [4.69, 9.17) is 0 Å². The first-order chi connectivity index (χ1) is 6.77. The van der Waals surface area contributed by atoms with Crippen LogP contribution in [0.2, 0.25) is 0 Å². The molecule has 0 saturated heterocycles. The molecule has 0 bridgehead atoms. The van der Waals surface area contributed by atoms with Crippen LogP contribution in [0.5, 0.6) is 5.75 Å². The molecule has 72 valence electrons. The number of benzene rings is 1. The van der Waals surface area contributed by atoms with Crippen molar-refractivity contribution in [1.29, 1.82) is 0 Å². The molecule has 4 heteroatoms. The molecule has 14 heavy (non-hydrogen) atoms. The summed E-state index contributed by atoms with van der Waals surface area (Å²) in [4.78, 5) is 10.8. The maximum Gasteiger partial charge on any atom is 0.151 e. The number of aromatic hydroxyl groups is 1. The summed E-state index contributed by atoms with van der Waals surface area (Å²) in [5.74, 6) is 0.267. The predicted molar refractivity (Wildman–Crippen MR) is 61.5 cm³/mol. The molecule has 1 aromatic carbocycles. The smallest absolute Gasteiger partial charge is 0.151 e. The van der Waals surface area contributed by atoms with Crippen LogP contribution in [0.1, 0.15) is 15.9 Å². The summed E-state index contributed by atoms with van der Waals surface area (Å²) in [6.45, 7) is 0. The average molecular weight is 271 g/mol. The second kappa shape index (κ2) is 3.71. The second-order valence-electron chi connectivity index (χ2n) is 2.89. The molecule has 1 N–H and O–H groups in total. The Morgan fingerprint density at radius 3 is 3.00 bits per heavy atom. The largest absolute Gasteiger partial charge is 0.507 e. The lowest BCUT2D eigenvalue weighted by molar-refractivity contribution is 0.112. The summed E-state index contributed by atoms with van der Waals surface area (Å²) >= 11 is 4.74. The van der Waals surface area contributed by atoms with Gasteiger partial charge < -0.3 is 5.11 Å². The third kappa shape index (κ3) is 1.35. The fourth-order valence-electron chi connectivity index (χ4n) is 1.40. The Kier molecular flexibility index (Phi) is 2.56. The summed E-state index contributed by atoms with van der Waals surface area (Å²) < 4.78 is 0.849. The number of hydrogen-bond acceptors (Lipinski definition) is 3. The number of rotatable bonds is 2. The van der Waals surface area contributed by atoms with Crippen LogP contribution in [-0.2, 0) is 5.33 Å². The third-order valence-corrected chi connectivity index (χ3v) is 3.65. The molecule has 0 radical (unpaired) electrons. The summed E-state index contributed by atoms with van der Waals surface area (Å²) in [6, 6.07) is 3.55. The zero-order chi connectivity index (χ0) is 10.1. The van der Waals surface area contributed by atoms with E-state index in [9.17, 15) is 9.90 Å². The van der Waals surface area contributed by atoms with E-state index < -0.39 is 0 Å². The zero-order valence-electron chi connectivity index (χ0n) is 7.16. The Morgan fingerprint density at radius 2 is 2.36 bits per heavy atom. The fraction of sp³-hybridized carbons (Fsp3) is 0.100. The molecular weight excluding hydrogens is 264 g/mol. The van der Waals surface area contributed by atoms with E-state index >= 15 is 0 Å². The van der Waals surface area contributed by atoms with Gasteiger partial charge in [0, 0.05) is 26.5 Å². The van der Waals surface area contributed by atoms with E-state index in [2.05, 4.69) is 15.9 Å². The Labute approximate surface area is 93.3 Å². The molecule has 0 saturated carbocycles. The number of thiophene rings is 1. The molecule has 0 aliphatic rings. The first-order valence-corrected chi connectivity index (χ1v) is 6.01. The molecule has 2 rings (SSSR count). The first kappa shape index (κ1) is 9.68. The van der Waals surface area contributed by atoms with Gasteiger partial charge >= 0.3 is 0 Å². The van der Waals surface area contributed by atoms with Gasteiger partial charge in [0.1, 0.15) is 5.75 Å². The maximum absolute atomic E-state index is 10.8. The number of phenols is 1. The number of carbonyl (C=O) groups excluding carboxylic acids is 1. The van der Waals surface area contributed by atoms with Crippen molar-refractivity contribution in [3.05, 3.63) is 28.6 Å². The third-order valence-electron chi connectivity index (χ3n) is 2.09. The predicted octanol–water partition coefficient (Wildman–Crippen LogP) is 3.31. The molecule has 0 unspecified atom stereocenters. The minimum atomic E-state index is 0.267. The summed E-state index contributed by atoms with van der Waals surface area (Å²) in [5, 5.41) is 13.0. The number of aldehydes is 1. The summed E-state index contributed by atoms with van der Waals surface area (Å²) in [7, 11) is 0. The first-order valence-electron chi connectivity index (χ1n) is 4.01. The highest BCUT2D eigenvalue weighted by Gasteiger charge is 2.10. The number of fused-ring (bicyclic) bond motifs is 1. The normalized spacial score (nSPS) is 10.6. The van der Waals surface area contributed by atoms with Crippen LogP contribution in [0.25, 0.3) is 10.1 Å². The fourth-order valence-corrected chi connectivity index (χ4v) is 2.71. The van der Waals surface area contributed by atoms with E-state index in [1.165, 1.54) is 11.3 Å². The van der Waals surface area contributed by atoms with Crippen molar-refractivity contribution in [3.8, 4) is 5.75 Å². The zero-order valence-corrected chi connectivity index (χ0v) is 9.56. The maximum atomic E-state index is 10.8. The van der Waals surface area contributed by atoms with Gasteiger partial charge in [-0.3, -0.25) is 4.79 Å².